The van der Waals surface area contributed by atoms with Crippen LogP contribution in [0.2, 0.25) is 5.02 Å². The van der Waals surface area contributed by atoms with Gasteiger partial charge in [0.15, 0.2) is 0 Å². The van der Waals surface area contributed by atoms with E-state index < -0.39 is 15.9 Å². The van der Waals surface area contributed by atoms with Gasteiger partial charge in [0.05, 0.1) is 24.7 Å². The molecule has 0 fully saturated rings. The summed E-state index contributed by atoms with van der Waals surface area (Å²) in [6.45, 7) is 6.24. The van der Waals surface area contributed by atoms with Crippen LogP contribution in [0, 0.1) is 20.8 Å². The van der Waals surface area contributed by atoms with E-state index in [-0.39, 0.29) is 6.54 Å². The Kier molecular flexibility index (Phi) is 8.04. The van der Waals surface area contributed by atoms with Gasteiger partial charge in [-0.25, -0.2) is 13.8 Å². The Labute approximate surface area is 228 Å². The fourth-order valence-electron chi connectivity index (χ4n) is 4.24. The molecule has 3 aromatic carbocycles. The van der Waals surface area contributed by atoms with Gasteiger partial charge < -0.3 is 4.57 Å². The quantitative estimate of drug-likeness (QED) is 0.223. The highest BCUT2D eigenvalue weighted by Gasteiger charge is 2.18. The monoisotopic (exact) mass is 548 g/mol. The van der Waals surface area contributed by atoms with E-state index in [2.05, 4.69) is 40.2 Å². The van der Waals surface area contributed by atoms with Gasteiger partial charge >= 0.3 is 0 Å². The first-order valence-electron chi connectivity index (χ1n) is 11.9. The van der Waals surface area contributed by atoms with Crippen LogP contribution in [0.5, 0.6) is 0 Å². The summed E-state index contributed by atoms with van der Waals surface area (Å²) >= 11 is 5.94. The molecule has 9 heteroatoms. The number of aromatic nitrogens is 1. The van der Waals surface area contributed by atoms with Crippen LogP contribution < -0.4 is 9.73 Å². The van der Waals surface area contributed by atoms with Crippen molar-refractivity contribution in [1.82, 2.24) is 9.99 Å². The molecule has 4 rings (SSSR count). The highest BCUT2D eigenvalue weighted by molar-refractivity contribution is 7.92. The smallest absolute Gasteiger partial charge is 0.271 e. The van der Waals surface area contributed by atoms with Crippen molar-refractivity contribution in [2.45, 2.75) is 27.3 Å². The molecule has 38 heavy (non-hydrogen) atoms. The molecule has 1 aromatic heterocycles. The Balaban J connectivity index is 1.46. The molecule has 0 aliphatic carbocycles. The third kappa shape index (κ3) is 6.33. The molecule has 0 aliphatic heterocycles. The Hall–Kier alpha value is -3.88. The van der Waals surface area contributed by atoms with Crippen LogP contribution in [-0.4, -0.2) is 31.4 Å². The minimum Gasteiger partial charge on any atom is -0.318 e. The molecule has 0 saturated heterocycles. The van der Waals surface area contributed by atoms with Crippen LogP contribution in [0.1, 0.15) is 38.4 Å². The van der Waals surface area contributed by atoms with Crippen LogP contribution in [0.4, 0.5) is 5.69 Å². The van der Waals surface area contributed by atoms with Crippen molar-refractivity contribution in [1.29, 1.82) is 0 Å². The van der Waals surface area contributed by atoms with Gasteiger partial charge in [-0.1, -0.05) is 35.9 Å². The first-order chi connectivity index (χ1) is 18.0. The number of carbonyl (C=O) groups is 1. The number of hydrogen-bond donors (Lipinski definition) is 1. The predicted molar refractivity (Wildman–Crippen MR) is 154 cm³/mol. The first-order valence-corrected chi connectivity index (χ1v) is 14.2. The number of aryl methyl sites for hydroxylation is 2. The molecule has 0 atom stereocenters. The zero-order chi connectivity index (χ0) is 27.4. The van der Waals surface area contributed by atoms with E-state index in [0.29, 0.717) is 16.3 Å². The van der Waals surface area contributed by atoms with Crippen LogP contribution >= 0.6 is 11.6 Å². The maximum atomic E-state index is 12.7. The summed E-state index contributed by atoms with van der Waals surface area (Å²) in [5.41, 5.74) is 9.36. The second kappa shape index (κ2) is 11.2. The average molecular weight is 549 g/mol. The van der Waals surface area contributed by atoms with Crippen LogP contribution in [0.25, 0.3) is 5.69 Å². The van der Waals surface area contributed by atoms with Crippen LogP contribution in [0.3, 0.4) is 0 Å². The summed E-state index contributed by atoms with van der Waals surface area (Å²) in [7, 11) is -3.56. The molecular formula is C29H29ClN4O3S. The van der Waals surface area contributed by atoms with Crippen molar-refractivity contribution in [2.75, 3.05) is 10.6 Å². The van der Waals surface area contributed by atoms with E-state index in [1.54, 1.807) is 54.7 Å². The highest BCUT2D eigenvalue weighted by atomic mass is 35.5. The molecule has 0 radical (unpaired) electrons. The molecule has 196 valence electrons. The van der Waals surface area contributed by atoms with Gasteiger partial charge in [0, 0.05) is 33.2 Å². The number of amides is 1. The Morgan fingerprint density at radius 3 is 2.32 bits per heavy atom. The lowest BCUT2D eigenvalue weighted by molar-refractivity contribution is 0.0955. The van der Waals surface area contributed by atoms with Crippen LogP contribution in [-0.2, 0) is 16.6 Å². The number of carbonyl (C=O) groups excluding carboxylic acids is 1. The number of sulfonamides is 1. The lowest BCUT2D eigenvalue weighted by Crippen LogP contribution is -2.29. The SMILES string of the molecule is Cc1cccc(-n2c(C)cc(/C=N/NC(=O)c3ccc(N(Cc4ccc(Cl)cc4)S(C)(=O)=O)cc3)c2C)c1. The first kappa shape index (κ1) is 27.2. The molecule has 0 aliphatic rings. The number of nitrogens with one attached hydrogen (secondary N) is 1. The van der Waals surface area contributed by atoms with E-state index >= 15 is 0 Å². The molecule has 0 spiro atoms. The molecule has 4 aromatic rings. The number of hydrogen-bond acceptors (Lipinski definition) is 4. The summed E-state index contributed by atoms with van der Waals surface area (Å²) in [6.07, 6.45) is 2.77. The molecular weight excluding hydrogens is 520 g/mol. The van der Waals surface area contributed by atoms with Gasteiger partial charge in [-0.15, -0.1) is 0 Å². The zero-order valence-corrected chi connectivity index (χ0v) is 23.2. The standard InChI is InChI=1S/C29H29ClN4O3S/c1-20-6-5-7-28(16-20)34-21(2)17-25(22(34)3)18-31-32-29(35)24-10-14-27(15-11-24)33(38(4,36)37)19-23-8-12-26(30)13-9-23/h5-18H,19H2,1-4H3,(H,32,35)/b31-18+. The minimum atomic E-state index is -3.56. The maximum absolute atomic E-state index is 12.7. The Morgan fingerprint density at radius 2 is 1.68 bits per heavy atom. The third-order valence-corrected chi connectivity index (χ3v) is 7.55. The molecule has 1 heterocycles. The molecule has 0 unspecified atom stereocenters. The number of rotatable bonds is 8. The zero-order valence-electron chi connectivity index (χ0n) is 21.6. The van der Waals surface area contributed by atoms with Gasteiger partial charge in [0.1, 0.15) is 0 Å². The number of benzene rings is 3. The average Bonchev–Trinajstić information content (AvgIpc) is 3.15. The molecule has 7 nitrogen and oxygen atoms in total. The number of halogens is 1. The van der Waals surface area contributed by atoms with Gasteiger partial charge in [0.2, 0.25) is 10.0 Å². The fourth-order valence-corrected chi connectivity index (χ4v) is 5.26. The number of nitrogens with zero attached hydrogens (tertiary/aromatic N) is 3. The lowest BCUT2D eigenvalue weighted by Gasteiger charge is -2.22. The number of hydrazone groups is 1. The second-order valence-corrected chi connectivity index (χ2v) is 11.5. The summed E-state index contributed by atoms with van der Waals surface area (Å²) in [6, 6.07) is 23.6. The van der Waals surface area contributed by atoms with E-state index in [9.17, 15) is 13.2 Å². The summed E-state index contributed by atoms with van der Waals surface area (Å²) in [5.74, 6) is -0.399. The normalized spacial score (nSPS) is 11.6. The van der Waals surface area contributed by atoms with E-state index in [1.165, 1.54) is 9.87 Å². The summed E-state index contributed by atoms with van der Waals surface area (Å²) in [4.78, 5) is 12.7. The van der Waals surface area contributed by atoms with E-state index in [1.807, 2.05) is 26.0 Å². The third-order valence-electron chi connectivity index (χ3n) is 6.16. The lowest BCUT2D eigenvalue weighted by atomic mass is 10.2. The largest absolute Gasteiger partial charge is 0.318 e. The summed E-state index contributed by atoms with van der Waals surface area (Å²) in [5, 5.41) is 4.72. The molecule has 1 amide bonds. The van der Waals surface area contributed by atoms with Gasteiger partial charge in [-0.05, 0) is 86.5 Å². The van der Waals surface area contributed by atoms with Crippen molar-refractivity contribution in [3.63, 3.8) is 0 Å². The maximum Gasteiger partial charge on any atom is 0.271 e. The van der Waals surface area contributed by atoms with Crippen molar-refractivity contribution in [3.05, 3.63) is 118 Å². The predicted octanol–water partition coefficient (Wildman–Crippen LogP) is 5.79. The van der Waals surface area contributed by atoms with E-state index in [4.69, 9.17) is 11.6 Å². The molecule has 0 saturated carbocycles. The van der Waals surface area contributed by atoms with Crippen molar-refractivity contribution in [2.24, 2.45) is 5.10 Å². The fraction of sp³-hybridized carbons (Fsp3) is 0.172. The molecule has 0 bridgehead atoms. The Bertz CT molecular complexity index is 1590. The summed E-state index contributed by atoms with van der Waals surface area (Å²) < 4.78 is 28.3. The highest BCUT2D eigenvalue weighted by Crippen LogP contribution is 2.23. The Morgan fingerprint density at radius 1 is 1.00 bits per heavy atom. The van der Waals surface area contributed by atoms with Gasteiger partial charge in [-0.2, -0.15) is 5.10 Å². The minimum absolute atomic E-state index is 0.146. The topological polar surface area (TPSA) is 83.8 Å². The van der Waals surface area contributed by atoms with Crippen molar-refractivity contribution >= 4 is 39.4 Å². The second-order valence-electron chi connectivity index (χ2n) is 9.14. The number of anilines is 1. The molecule has 1 N–H and O–H groups in total. The van der Waals surface area contributed by atoms with E-state index in [0.717, 1.165) is 34.5 Å². The van der Waals surface area contributed by atoms with Crippen molar-refractivity contribution in [3.8, 4) is 5.69 Å². The van der Waals surface area contributed by atoms with Gasteiger partial charge in [0.25, 0.3) is 5.91 Å². The van der Waals surface area contributed by atoms with Crippen molar-refractivity contribution < 1.29 is 13.2 Å². The van der Waals surface area contributed by atoms with Crippen LogP contribution in [0.15, 0.2) is 84.0 Å². The van der Waals surface area contributed by atoms with Gasteiger partial charge in [-0.3, -0.25) is 9.10 Å².